The number of amidine groups is 1. The maximum Gasteiger partial charge on any atom is 0.491 e. The van der Waals surface area contributed by atoms with Crippen molar-refractivity contribution in [2.45, 2.75) is 19.5 Å². The predicted molar refractivity (Wildman–Crippen MR) is 61.2 cm³/mol. The molecule has 0 saturated carbocycles. The minimum atomic E-state index is -4.59. The minimum absolute atomic E-state index is 0.244. The Kier molecular flexibility index (Phi) is 3.79. The highest BCUT2D eigenvalue weighted by Crippen LogP contribution is 2.24. The third-order valence-corrected chi connectivity index (χ3v) is 2.39. The van der Waals surface area contributed by atoms with E-state index in [0.717, 1.165) is 6.42 Å². The van der Waals surface area contributed by atoms with Gasteiger partial charge in [0.1, 0.15) is 0 Å². The van der Waals surface area contributed by atoms with Crippen molar-refractivity contribution in [1.29, 1.82) is 0 Å². The number of nitrogens with one attached hydrogen (secondary N) is 1. The van der Waals surface area contributed by atoms with Crippen LogP contribution >= 0.6 is 0 Å². The van der Waals surface area contributed by atoms with E-state index in [1.54, 1.807) is 18.2 Å². The maximum absolute atomic E-state index is 12.8. The molecular formula is C11H12F3N4O+. The second-order valence-corrected chi connectivity index (χ2v) is 3.83. The number of halogens is 3. The molecule has 0 aromatic heterocycles. The lowest BCUT2D eigenvalue weighted by molar-refractivity contribution is -0.748. The van der Waals surface area contributed by atoms with Gasteiger partial charge in [-0.05, 0) is 12.5 Å². The fourth-order valence-corrected chi connectivity index (χ4v) is 1.58. The number of rotatable bonds is 4. The Hall–Kier alpha value is -1.96. The van der Waals surface area contributed by atoms with Crippen LogP contribution in [0.4, 0.5) is 18.9 Å². The molecule has 2 rings (SSSR count). The molecule has 8 heteroatoms. The first-order chi connectivity index (χ1) is 9.04. The van der Waals surface area contributed by atoms with Crippen LogP contribution < -0.4 is 9.75 Å². The molecule has 1 N–H and O–H groups in total. The molecule has 0 saturated heterocycles. The lowest BCUT2D eigenvalue weighted by Crippen LogP contribution is -3.06. The van der Waals surface area contributed by atoms with Crippen LogP contribution in [0.15, 0.2) is 39.8 Å². The molecule has 0 radical (unpaired) electrons. The molecule has 1 atom stereocenters. The van der Waals surface area contributed by atoms with Crippen molar-refractivity contribution in [2.24, 2.45) is 15.5 Å². The number of para-hydroxylation sites is 2. The molecule has 19 heavy (non-hydrogen) atoms. The molecule has 1 aromatic carbocycles. The summed E-state index contributed by atoms with van der Waals surface area (Å²) in [6, 6.07) is 6.40. The molecule has 1 aliphatic heterocycles. The van der Waals surface area contributed by atoms with Crippen molar-refractivity contribution in [3.05, 3.63) is 24.3 Å². The van der Waals surface area contributed by atoms with Crippen LogP contribution in [0.25, 0.3) is 0 Å². The van der Waals surface area contributed by atoms with E-state index < -0.39 is 12.0 Å². The van der Waals surface area contributed by atoms with E-state index in [1.807, 2.05) is 6.92 Å². The summed E-state index contributed by atoms with van der Waals surface area (Å²) in [5.74, 6) is -0.753. The van der Waals surface area contributed by atoms with Crippen LogP contribution in [-0.2, 0) is 0 Å². The van der Waals surface area contributed by atoms with Crippen molar-refractivity contribution < 1.29 is 22.9 Å². The molecule has 1 heterocycles. The van der Waals surface area contributed by atoms with Crippen LogP contribution in [-0.4, -0.2) is 18.6 Å². The highest BCUT2D eigenvalue weighted by molar-refractivity contribution is 5.81. The number of hydrogen-bond donors (Lipinski definition) is 1. The summed E-state index contributed by atoms with van der Waals surface area (Å²) >= 11 is 0. The molecule has 0 fully saturated rings. The first-order valence-corrected chi connectivity index (χ1v) is 5.69. The van der Waals surface area contributed by atoms with E-state index in [0.29, 0.717) is 12.4 Å². The quantitative estimate of drug-likeness (QED) is 0.898. The number of quaternary nitrogens is 1. The molecule has 0 bridgehead atoms. The fourth-order valence-electron chi connectivity index (χ4n) is 1.58. The lowest BCUT2D eigenvalue weighted by atomic mass is 10.2. The average molecular weight is 273 g/mol. The Morgan fingerprint density at radius 3 is 2.68 bits per heavy atom. The summed E-state index contributed by atoms with van der Waals surface area (Å²) in [6.07, 6.45) is -3.83. The molecule has 1 unspecified atom stereocenters. The van der Waals surface area contributed by atoms with Crippen molar-refractivity contribution in [2.75, 3.05) is 6.61 Å². The minimum Gasteiger partial charge on any atom is -0.487 e. The average Bonchev–Trinajstić information content (AvgIpc) is 2.85. The predicted octanol–water partition coefficient (Wildman–Crippen LogP) is 2.25. The summed E-state index contributed by atoms with van der Waals surface area (Å²) in [6.45, 7) is 2.33. The van der Waals surface area contributed by atoms with Gasteiger partial charge in [0.25, 0.3) is 0 Å². The monoisotopic (exact) mass is 273 g/mol. The van der Waals surface area contributed by atoms with E-state index in [2.05, 4.69) is 15.5 Å². The summed E-state index contributed by atoms with van der Waals surface area (Å²) in [5, 5.41) is 9.31. The van der Waals surface area contributed by atoms with Gasteiger partial charge in [-0.1, -0.05) is 29.2 Å². The van der Waals surface area contributed by atoms with Gasteiger partial charge in [0.2, 0.25) is 5.69 Å². The van der Waals surface area contributed by atoms with Gasteiger partial charge >= 0.3 is 12.0 Å². The van der Waals surface area contributed by atoms with E-state index in [-0.39, 0.29) is 10.7 Å². The Morgan fingerprint density at radius 1 is 1.26 bits per heavy atom. The van der Waals surface area contributed by atoms with Crippen LogP contribution in [0, 0.1) is 0 Å². The topological polar surface area (TPSA) is 50.8 Å². The van der Waals surface area contributed by atoms with Crippen LogP contribution in [0.1, 0.15) is 13.3 Å². The largest absolute Gasteiger partial charge is 0.491 e. The summed E-state index contributed by atoms with van der Waals surface area (Å²) in [7, 11) is 0. The van der Waals surface area contributed by atoms with Crippen LogP contribution in [0.5, 0.6) is 5.75 Å². The van der Waals surface area contributed by atoms with Gasteiger partial charge in [0.15, 0.2) is 5.75 Å². The maximum atomic E-state index is 12.8. The molecule has 1 aromatic rings. The Bertz CT molecular complexity index is 513. The SMILES string of the molecule is CCCOc1ccccc1[NH+]1N=NN=C1C(F)(F)F. The fraction of sp³-hybridized carbons (Fsp3) is 0.364. The third-order valence-electron chi connectivity index (χ3n) is 2.39. The summed E-state index contributed by atoms with van der Waals surface area (Å²) in [4.78, 5) is 0. The summed E-state index contributed by atoms with van der Waals surface area (Å²) < 4.78 is 43.7. The zero-order valence-corrected chi connectivity index (χ0v) is 10.1. The third kappa shape index (κ3) is 2.90. The molecular weight excluding hydrogens is 261 g/mol. The molecule has 0 amide bonds. The second kappa shape index (κ2) is 5.35. The highest BCUT2D eigenvalue weighted by atomic mass is 19.4. The molecule has 1 aliphatic rings. The van der Waals surface area contributed by atoms with Crippen molar-refractivity contribution in [3.8, 4) is 5.75 Å². The van der Waals surface area contributed by atoms with Gasteiger partial charge in [0, 0.05) is 11.3 Å². The highest BCUT2D eigenvalue weighted by Gasteiger charge is 2.50. The molecule has 102 valence electrons. The van der Waals surface area contributed by atoms with Crippen LogP contribution in [0.3, 0.4) is 0 Å². The standard InChI is InChI=1S/C11H11F3N4O/c1-2-7-19-9-6-4-3-5-8(9)18-10(11(12,13)14)15-16-17-18/h3-6H,2,7H2,1H3/p+1. The zero-order chi connectivity index (χ0) is 13.9. The van der Waals surface area contributed by atoms with Crippen LogP contribution in [0.2, 0.25) is 0 Å². The van der Waals surface area contributed by atoms with E-state index in [4.69, 9.17) is 4.74 Å². The number of alkyl halides is 3. The normalized spacial score (nSPS) is 18.5. The van der Waals surface area contributed by atoms with E-state index in [1.165, 1.54) is 6.07 Å². The first-order valence-electron chi connectivity index (χ1n) is 5.69. The first kappa shape index (κ1) is 13.5. The summed E-state index contributed by atoms with van der Waals surface area (Å²) in [5.41, 5.74) is 0.244. The molecule has 0 spiro atoms. The molecule has 0 aliphatic carbocycles. The van der Waals surface area contributed by atoms with Gasteiger partial charge in [-0.25, -0.2) is 0 Å². The van der Waals surface area contributed by atoms with E-state index >= 15 is 0 Å². The number of ether oxygens (including phenoxy) is 1. The van der Waals surface area contributed by atoms with Crippen molar-refractivity contribution in [3.63, 3.8) is 0 Å². The molecule has 5 nitrogen and oxygen atoms in total. The lowest BCUT2D eigenvalue weighted by Gasteiger charge is -2.13. The van der Waals surface area contributed by atoms with Crippen molar-refractivity contribution in [1.82, 2.24) is 0 Å². The smallest absolute Gasteiger partial charge is 0.487 e. The van der Waals surface area contributed by atoms with Gasteiger partial charge in [-0.3, -0.25) is 0 Å². The zero-order valence-electron chi connectivity index (χ0n) is 10.1. The van der Waals surface area contributed by atoms with Gasteiger partial charge in [0.05, 0.1) is 11.8 Å². The second-order valence-electron chi connectivity index (χ2n) is 3.83. The van der Waals surface area contributed by atoms with Gasteiger partial charge in [-0.15, -0.1) is 0 Å². The van der Waals surface area contributed by atoms with Gasteiger partial charge in [-0.2, -0.15) is 13.2 Å². The van der Waals surface area contributed by atoms with Crippen molar-refractivity contribution >= 4 is 11.5 Å². The Morgan fingerprint density at radius 2 is 2.00 bits per heavy atom. The number of benzene rings is 1. The number of nitrogens with zero attached hydrogens (tertiary/aromatic N) is 3. The Labute approximate surface area is 107 Å². The van der Waals surface area contributed by atoms with E-state index in [9.17, 15) is 13.2 Å². The number of hydrogen-bond acceptors (Lipinski definition) is 4. The Balaban J connectivity index is 2.32. The van der Waals surface area contributed by atoms with Gasteiger partial charge < -0.3 is 4.74 Å².